The Hall–Kier alpha value is -1.14. The van der Waals surface area contributed by atoms with Gasteiger partial charge < -0.3 is 19.3 Å². The molecule has 6 heteroatoms. The van der Waals surface area contributed by atoms with Gasteiger partial charge in [-0.25, -0.2) is 9.59 Å². The fraction of sp³-hybridized carbons (Fsp3) is 0.889. The van der Waals surface area contributed by atoms with Gasteiger partial charge in [0.05, 0.1) is 13.2 Å². The molecule has 0 saturated heterocycles. The monoisotopic (exact) mass is 346 g/mol. The lowest BCUT2D eigenvalue weighted by molar-refractivity contribution is -0.217. The van der Waals surface area contributed by atoms with Crippen molar-refractivity contribution in [2.45, 2.75) is 84.3 Å². The van der Waals surface area contributed by atoms with Gasteiger partial charge in [-0.1, -0.05) is 40.0 Å². The SMILES string of the molecule is CCCCOC(=O)C(C)(O)C(C)(OCCCC)C(=O)OCCCC. The molecule has 0 aliphatic rings. The zero-order chi connectivity index (χ0) is 18.6. The summed E-state index contributed by atoms with van der Waals surface area (Å²) in [6, 6.07) is 0. The second-order valence-electron chi connectivity index (χ2n) is 6.29. The minimum absolute atomic E-state index is 0.196. The molecule has 0 heterocycles. The summed E-state index contributed by atoms with van der Waals surface area (Å²) >= 11 is 0. The summed E-state index contributed by atoms with van der Waals surface area (Å²) in [7, 11) is 0. The molecule has 1 N–H and O–H groups in total. The molecule has 0 aliphatic heterocycles. The van der Waals surface area contributed by atoms with Gasteiger partial charge in [0.1, 0.15) is 0 Å². The highest BCUT2D eigenvalue weighted by atomic mass is 16.6. The Labute approximate surface area is 145 Å². The number of unbranched alkanes of at least 4 members (excludes halogenated alkanes) is 3. The van der Waals surface area contributed by atoms with Gasteiger partial charge in [0.15, 0.2) is 5.60 Å². The molecule has 0 saturated carbocycles. The highest BCUT2D eigenvalue weighted by molar-refractivity contribution is 5.92. The van der Waals surface area contributed by atoms with Crippen LogP contribution in [-0.4, -0.2) is 48.1 Å². The van der Waals surface area contributed by atoms with E-state index < -0.39 is 23.1 Å². The Morgan fingerprint density at radius 1 is 0.792 bits per heavy atom. The number of carbonyl (C=O) groups is 2. The average Bonchev–Trinajstić information content (AvgIpc) is 2.54. The molecule has 0 radical (unpaired) electrons. The van der Waals surface area contributed by atoms with Gasteiger partial charge in [0.2, 0.25) is 5.60 Å². The summed E-state index contributed by atoms with van der Waals surface area (Å²) in [6.45, 7) is 9.23. The molecule has 0 aliphatic carbocycles. The summed E-state index contributed by atoms with van der Waals surface area (Å²) in [6.07, 6.45) is 4.70. The number of hydrogen-bond donors (Lipinski definition) is 1. The normalized spacial score (nSPS) is 16.1. The van der Waals surface area contributed by atoms with E-state index in [0.29, 0.717) is 19.3 Å². The molecular formula is C18H34O6. The molecule has 6 nitrogen and oxygen atoms in total. The summed E-state index contributed by atoms with van der Waals surface area (Å²) in [5.74, 6) is -1.62. The maximum atomic E-state index is 12.5. The van der Waals surface area contributed by atoms with Crippen LogP contribution >= 0.6 is 0 Å². The molecule has 24 heavy (non-hydrogen) atoms. The second-order valence-corrected chi connectivity index (χ2v) is 6.29. The molecule has 0 spiro atoms. The molecule has 0 fully saturated rings. The van der Waals surface area contributed by atoms with E-state index in [0.717, 1.165) is 19.3 Å². The lowest BCUT2D eigenvalue weighted by Gasteiger charge is -2.38. The summed E-state index contributed by atoms with van der Waals surface area (Å²) in [5.41, 5.74) is -3.93. The zero-order valence-electron chi connectivity index (χ0n) is 15.9. The molecule has 2 atom stereocenters. The van der Waals surface area contributed by atoms with Gasteiger partial charge in [-0.15, -0.1) is 0 Å². The van der Waals surface area contributed by atoms with Gasteiger partial charge in [0, 0.05) is 6.61 Å². The van der Waals surface area contributed by atoms with Crippen LogP contribution in [0.2, 0.25) is 0 Å². The minimum atomic E-state index is -2.13. The van der Waals surface area contributed by atoms with Crippen molar-refractivity contribution in [1.82, 2.24) is 0 Å². The molecule has 2 unspecified atom stereocenters. The smallest absolute Gasteiger partial charge is 0.341 e. The molecule has 142 valence electrons. The molecule has 0 rings (SSSR count). The predicted molar refractivity (Wildman–Crippen MR) is 91.6 cm³/mol. The topological polar surface area (TPSA) is 82.1 Å². The number of carbonyl (C=O) groups excluding carboxylic acids is 2. The largest absolute Gasteiger partial charge is 0.463 e. The van der Waals surface area contributed by atoms with Gasteiger partial charge in [0.25, 0.3) is 0 Å². The first kappa shape index (κ1) is 22.9. The molecular weight excluding hydrogens is 312 g/mol. The third kappa shape index (κ3) is 6.40. The summed E-state index contributed by atoms with van der Waals surface area (Å²) < 4.78 is 15.9. The van der Waals surface area contributed by atoms with Crippen LogP contribution in [0.5, 0.6) is 0 Å². The number of hydrogen-bond acceptors (Lipinski definition) is 6. The second kappa shape index (κ2) is 11.4. The highest BCUT2D eigenvalue weighted by Crippen LogP contribution is 2.30. The van der Waals surface area contributed by atoms with Gasteiger partial charge in [-0.05, 0) is 33.1 Å². The third-order valence-corrected chi connectivity index (χ3v) is 4.07. The number of ether oxygens (including phenoxy) is 3. The van der Waals surface area contributed by atoms with Crippen LogP contribution in [0, 0.1) is 0 Å². The van der Waals surface area contributed by atoms with Crippen molar-refractivity contribution in [1.29, 1.82) is 0 Å². The first-order valence-electron chi connectivity index (χ1n) is 8.98. The van der Waals surface area contributed by atoms with E-state index in [1.165, 1.54) is 13.8 Å². The fourth-order valence-electron chi connectivity index (χ4n) is 1.91. The van der Waals surface area contributed by atoms with Crippen molar-refractivity contribution < 1.29 is 28.9 Å². The number of aliphatic hydroxyl groups is 1. The standard InChI is InChI=1S/C18H34O6/c1-6-9-12-22-15(19)17(4,21)18(5,24-14-11-8-3)16(20)23-13-10-7-2/h21H,6-14H2,1-5H3. The third-order valence-electron chi connectivity index (χ3n) is 4.07. The maximum Gasteiger partial charge on any atom is 0.341 e. The lowest BCUT2D eigenvalue weighted by Crippen LogP contribution is -2.62. The summed E-state index contributed by atoms with van der Waals surface area (Å²) in [4.78, 5) is 24.8. The van der Waals surface area contributed by atoms with Gasteiger partial charge in [-0.2, -0.15) is 0 Å². The van der Waals surface area contributed by atoms with Crippen molar-refractivity contribution in [3.8, 4) is 0 Å². The zero-order valence-corrected chi connectivity index (χ0v) is 15.9. The average molecular weight is 346 g/mol. The van der Waals surface area contributed by atoms with E-state index >= 15 is 0 Å². The Morgan fingerprint density at radius 2 is 1.21 bits per heavy atom. The van der Waals surface area contributed by atoms with E-state index in [2.05, 4.69) is 0 Å². The first-order valence-corrected chi connectivity index (χ1v) is 8.98. The Morgan fingerprint density at radius 3 is 1.67 bits per heavy atom. The van der Waals surface area contributed by atoms with Crippen molar-refractivity contribution in [3.63, 3.8) is 0 Å². The van der Waals surface area contributed by atoms with E-state index in [9.17, 15) is 14.7 Å². The number of rotatable bonds is 13. The van der Waals surface area contributed by atoms with Crippen molar-refractivity contribution in [2.24, 2.45) is 0 Å². The van der Waals surface area contributed by atoms with Crippen LogP contribution in [-0.2, 0) is 23.8 Å². The van der Waals surface area contributed by atoms with Crippen molar-refractivity contribution in [2.75, 3.05) is 19.8 Å². The quantitative estimate of drug-likeness (QED) is 0.408. The Balaban J connectivity index is 5.17. The first-order chi connectivity index (χ1) is 11.3. The maximum absolute atomic E-state index is 12.5. The van der Waals surface area contributed by atoms with E-state index in [1.54, 1.807) is 0 Å². The van der Waals surface area contributed by atoms with Crippen molar-refractivity contribution >= 4 is 11.9 Å². The highest BCUT2D eigenvalue weighted by Gasteiger charge is 2.57. The Kier molecular flexibility index (Phi) is 10.9. The summed E-state index contributed by atoms with van der Waals surface area (Å²) in [5, 5.41) is 10.7. The van der Waals surface area contributed by atoms with E-state index in [4.69, 9.17) is 14.2 Å². The number of esters is 2. The minimum Gasteiger partial charge on any atom is -0.463 e. The van der Waals surface area contributed by atoms with Crippen LogP contribution in [0.15, 0.2) is 0 Å². The van der Waals surface area contributed by atoms with Crippen LogP contribution < -0.4 is 0 Å². The predicted octanol–water partition coefficient (Wildman–Crippen LogP) is 3.00. The van der Waals surface area contributed by atoms with Crippen molar-refractivity contribution in [3.05, 3.63) is 0 Å². The molecule has 0 bridgehead atoms. The lowest BCUT2D eigenvalue weighted by atomic mass is 9.85. The Bertz CT molecular complexity index is 380. The van der Waals surface area contributed by atoms with Crippen LogP contribution in [0.1, 0.15) is 73.1 Å². The van der Waals surface area contributed by atoms with E-state index in [1.807, 2.05) is 20.8 Å². The molecule has 0 amide bonds. The van der Waals surface area contributed by atoms with Crippen LogP contribution in [0.25, 0.3) is 0 Å². The fourth-order valence-corrected chi connectivity index (χ4v) is 1.91. The molecule has 0 aromatic carbocycles. The molecule has 0 aromatic rings. The van der Waals surface area contributed by atoms with Gasteiger partial charge >= 0.3 is 11.9 Å². The van der Waals surface area contributed by atoms with E-state index in [-0.39, 0.29) is 19.8 Å². The van der Waals surface area contributed by atoms with Crippen LogP contribution in [0.3, 0.4) is 0 Å². The molecule has 0 aromatic heterocycles. The van der Waals surface area contributed by atoms with Crippen LogP contribution in [0.4, 0.5) is 0 Å². The van der Waals surface area contributed by atoms with Gasteiger partial charge in [-0.3, -0.25) is 0 Å².